The van der Waals surface area contributed by atoms with Gasteiger partial charge in [0.1, 0.15) is 22.7 Å². The number of hydrogen-bond donors (Lipinski definition) is 2. The molecular weight excluding hydrogens is 401 g/mol. The molecule has 0 aliphatic heterocycles. The molecule has 154 valence electrons. The predicted molar refractivity (Wildman–Crippen MR) is 107 cm³/mol. The summed E-state index contributed by atoms with van der Waals surface area (Å²) >= 11 is 0. The molecule has 1 heterocycles. The smallest absolute Gasteiger partial charge is 0.342 e. The summed E-state index contributed by atoms with van der Waals surface area (Å²) in [5.41, 5.74) is 1.16. The number of furan rings is 1. The van der Waals surface area contributed by atoms with Gasteiger partial charge in [-0.3, -0.25) is 4.72 Å². The number of esters is 1. The first-order valence-electron chi connectivity index (χ1n) is 8.80. The van der Waals surface area contributed by atoms with Crippen molar-refractivity contribution < 1.29 is 31.9 Å². The maximum Gasteiger partial charge on any atom is 0.342 e. The number of anilines is 1. The molecule has 0 radical (unpaired) electrons. The summed E-state index contributed by atoms with van der Waals surface area (Å²) in [4.78, 5) is 12.6. The molecule has 1 atom stereocenters. The second-order valence-electron chi connectivity index (χ2n) is 6.52. The Kier molecular flexibility index (Phi) is 5.63. The van der Waals surface area contributed by atoms with E-state index in [2.05, 4.69) is 4.72 Å². The number of fused-ring (bicyclic) bond motifs is 1. The van der Waals surface area contributed by atoms with Gasteiger partial charge in [0.2, 0.25) is 10.0 Å². The lowest BCUT2D eigenvalue weighted by Crippen LogP contribution is -2.12. The molecule has 0 aliphatic carbocycles. The van der Waals surface area contributed by atoms with Gasteiger partial charge in [0.05, 0.1) is 24.7 Å². The van der Waals surface area contributed by atoms with Crippen LogP contribution < -0.4 is 4.72 Å². The van der Waals surface area contributed by atoms with Crippen LogP contribution in [0.25, 0.3) is 22.3 Å². The molecule has 0 fully saturated rings. The van der Waals surface area contributed by atoms with Gasteiger partial charge in [-0.1, -0.05) is 0 Å². The molecule has 7 nitrogen and oxygen atoms in total. The lowest BCUT2D eigenvalue weighted by molar-refractivity contribution is 0.0528. The van der Waals surface area contributed by atoms with E-state index in [1.165, 1.54) is 43.3 Å². The highest BCUT2D eigenvalue weighted by molar-refractivity contribution is 7.92. The summed E-state index contributed by atoms with van der Waals surface area (Å²) in [5, 5.41) is 10.5. The van der Waals surface area contributed by atoms with Crippen molar-refractivity contribution >= 4 is 32.6 Å². The fraction of sp³-hybridized carbons (Fsp3) is 0.250. The predicted octanol–water partition coefficient (Wildman–Crippen LogP) is 3.84. The van der Waals surface area contributed by atoms with Crippen LogP contribution >= 0.6 is 0 Å². The number of sulfonamides is 1. The molecule has 0 bridgehead atoms. The number of nitrogens with one attached hydrogen (secondary N) is 1. The van der Waals surface area contributed by atoms with Gasteiger partial charge < -0.3 is 14.3 Å². The minimum atomic E-state index is -3.62. The second kappa shape index (κ2) is 7.84. The first-order valence-corrected chi connectivity index (χ1v) is 10.7. The summed E-state index contributed by atoms with van der Waals surface area (Å²) in [6, 6.07) is 8.26. The van der Waals surface area contributed by atoms with Crippen LogP contribution in [0.2, 0.25) is 0 Å². The van der Waals surface area contributed by atoms with E-state index in [1.807, 2.05) is 0 Å². The van der Waals surface area contributed by atoms with Crippen molar-refractivity contribution in [3.63, 3.8) is 0 Å². The molecule has 0 aliphatic rings. The minimum Gasteiger partial charge on any atom is -0.462 e. The van der Waals surface area contributed by atoms with Crippen LogP contribution in [0.5, 0.6) is 0 Å². The first kappa shape index (κ1) is 20.8. The van der Waals surface area contributed by atoms with Crippen molar-refractivity contribution in [2.24, 2.45) is 0 Å². The summed E-state index contributed by atoms with van der Waals surface area (Å²) in [5.74, 6) is -0.934. The Labute approximate surface area is 167 Å². The number of benzene rings is 2. The van der Waals surface area contributed by atoms with Crippen LogP contribution in [-0.2, 0) is 14.8 Å². The number of ether oxygens (including phenoxy) is 1. The summed E-state index contributed by atoms with van der Waals surface area (Å²) < 4.78 is 50.0. The van der Waals surface area contributed by atoms with Crippen LogP contribution in [0, 0.1) is 5.82 Å². The average Bonchev–Trinajstić information content (AvgIpc) is 2.98. The highest BCUT2D eigenvalue weighted by Gasteiger charge is 2.26. The zero-order chi connectivity index (χ0) is 21.3. The van der Waals surface area contributed by atoms with Gasteiger partial charge in [-0.05, 0) is 44.2 Å². The van der Waals surface area contributed by atoms with Crippen LogP contribution in [-0.4, -0.2) is 32.4 Å². The van der Waals surface area contributed by atoms with Gasteiger partial charge >= 0.3 is 5.97 Å². The number of aliphatic hydroxyl groups excluding tert-OH is 1. The average molecular weight is 421 g/mol. The Morgan fingerprint density at radius 3 is 2.48 bits per heavy atom. The number of halogens is 1. The van der Waals surface area contributed by atoms with Crippen LogP contribution in [0.1, 0.15) is 35.9 Å². The highest BCUT2D eigenvalue weighted by atomic mass is 32.2. The summed E-state index contributed by atoms with van der Waals surface area (Å²) in [7, 11) is -3.62. The molecule has 2 aromatic carbocycles. The van der Waals surface area contributed by atoms with Crippen LogP contribution in [0.15, 0.2) is 40.8 Å². The number of hydrogen-bond acceptors (Lipinski definition) is 6. The number of rotatable bonds is 6. The second-order valence-corrected chi connectivity index (χ2v) is 8.27. The van der Waals surface area contributed by atoms with E-state index >= 15 is 0 Å². The Morgan fingerprint density at radius 2 is 1.93 bits per heavy atom. The SMILES string of the molecule is CCOC(=O)c1c(-c2ccc(F)cc2)oc2cc(NS(C)(=O)=O)c([C@@H](C)O)cc12. The lowest BCUT2D eigenvalue weighted by Gasteiger charge is -2.13. The Morgan fingerprint density at radius 1 is 1.28 bits per heavy atom. The molecule has 2 N–H and O–H groups in total. The van der Waals surface area contributed by atoms with Crippen molar-refractivity contribution in [1.82, 2.24) is 0 Å². The molecule has 0 amide bonds. The largest absolute Gasteiger partial charge is 0.462 e. The van der Waals surface area contributed by atoms with E-state index in [1.54, 1.807) is 6.92 Å². The zero-order valence-corrected chi connectivity index (χ0v) is 16.8. The molecule has 29 heavy (non-hydrogen) atoms. The topological polar surface area (TPSA) is 106 Å². The van der Waals surface area contributed by atoms with Gasteiger partial charge in [0, 0.05) is 22.6 Å². The molecule has 0 unspecified atom stereocenters. The maximum atomic E-state index is 13.3. The lowest BCUT2D eigenvalue weighted by atomic mass is 10.0. The van der Waals surface area contributed by atoms with E-state index in [-0.39, 0.29) is 34.8 Å². The zero-order valence-electron chi connectivity index (χ0n) is 16.0. The Hall–Kier alpha value is -2.91. The Balaban J connectivity index is 2.32. The number of aliphatic hydroxyl groups is 1. The quantitative estimate of drug-likeness (QED) is 0.586. The number of carbonyl (C=O) groups excluding carboxylic acids is 1. The van der Waals surface area contributed by atoms with Crippen molar-refractivity contribution in [3.8, 4) is 11.3 Å². The normalized spacial score (nSPS) is 12.7. The number of carbonyl (C=O) groups is 1. The fourth-order valence-corrected chi connectivity index (χ4v) is 3.58. The van der Waals surface area contributed by atoms with E-state index < -0.39 is 27.9 Å². The third-order valence-electron chi connectivity index (χ3n) is 4.19. The van der Waals surface area contributed by atoms with Crippen molar-refractivity contribution in [2.75, 3.05) is 17.6 Å². The highest BCUT2D eigenvalue weighted by Crippen LogP contribution is 2.38. The fourth-order valence-electron chi connectivity index (χ4n) is 3.00. The summed E-state index contributed by atoms with van der Waals surface area (Å²) in [6.45, 7) is 3.26. The Bertz CT molecular complexity index is 1170. The molecular formula is C20H20FNO6S. The van der Waals surface area contributed by atoms with Gasteiger partial charge in [0.15, 0.2) is 0 Å². The molecule has 0 saturated carbocycles. The van der Waals surface area contributed by atoms with E-state index in [0.29, 0.717) is 10.9 Å². The van der Waals surface area contributed by atoms with Gasteiger partial charge in [-0.15, -0.1) is 0 Å². The maximum absolute atomic E-state index is 13.3. The van der Waals surface area contributed by atoms with Gasteiger partial charge in [-0.25, -0.2) is 17.6 Å². The van der Waals surface area contributed by atoms with Gasteiger partial charge in [0.25, 0.3) is 0 Å². The van der Waals surface area contributed by atoms with Gasteiger partial charge in [-0.2, -0.15) is 0 Å². The third kappa shape index (κ3) is 4.41. The van der Waals surface area contributed by atoms with Crippen molar-refractivity contribution in [1.29, 1.82) is 0 Å². The van der Waals surface area contributed by atoms with Crippen molar-refractivity contribution in [3.05, 3.63) is 53.3 Å². The summed E-state index contributed by atoms with van der Waals surface area (Å²) in [6.07, 6.45) is -0.0399. The van der Waals surface area contributed by atoms with Crippen LogP contribution in [0.4, 0.5) is 10.1 Å². The molecule has 0 saturated heterocycles. The van der Waals surface area contributed by atoms with E-state index in [9.17, 15) is 22.7 Å². The molecule has 1 aromatic heterocycles. The minimum absolute atomic E-state index is 0.112. The molecule has 3 aromatic rings. The standard InChI is InChI=1S/C20H20FNO6S/c1-4-27-20(24)18-15-9-14(11(2)23)16(22-29(3,25)26)10-17(15)28-19(18)12-5-7-13(21)8-6-12/h5-11,22-23H,4H2,1-3H3/t11-/m1/s1. The van der Waals surface area contributed by atoms with E-state index in [0.717, 1.165) is 6.26 Å². The third-order valence-corrected chi connectivity index (χ3v) is 4.78. The monoisotopic (exact) mass is 421 g/mol. The van der Waals surface area contributed by atoms with E-state index in [4.69, 9.17) is 9.15 Å². The molecule has 3 rings (SSSR count). The molecule has 9 heteroatoms. The first-order chi connectivity index (χ1) is 13.6. The van der Waals surface area contributed by atoms with Crippen LogP contribution in [0.3, 0.4) is 0 Å². The van der Waals surface area contributed by atoms with Crippen molar-refractivity contribution in [2.45, 2.75) is 20.0 Å². The molecule has 0 spiro atoms.